The van der Waals surface area contributed by atoms with Gasteiger partial charge in [0.1, 0.15) is 0 Å². The van der Waals surface area contributed by atoms with E-state index in [1.54, 1.807) is 18.2 Å². The van der Waals surface area contributed by atoms with Crippen LogP contribution in [0.2, 0.25) is 10.0 Å². The number of nitrogens with one attached hydrogen (secondary N) is 1. The Balaban J connectivity index is 3.10. The molecule has 0 aliphatic heterocycles. The molecule has 2 nitrogen and oxygen atoms in total. The van der Waals surface area contributed by atoms with Gasteiger partial charge in [-0.3, -0.25) is 0 Å². The highest BCUT2D eigenvalue weighted by Crippen LogP contribution is 2.24. The molecule has 1 aromatic rings. The SMILES string of the molecule is N=CC=C(N)c1ccc(Cl)c(Cl)c1. The van der Waals surface area contributed by atoms with E-state index < -0.39 is 0 Å². The van der Waals surface area contributed by atoms with Gasteiger partial charge in [0.15, 0.2) is 0 Å². The van der Waals surface area contributed by atoms with Crippen molar-refractivity contribution in [3.8, 4) is 0 Å². The van der Waals surface area contributed by atoms with E-state index in [0.29, 0.717) is 15.7 Å². The highest BCUT2D eigenvalue weighted by atomic mass is 35.5. The fraction of sp³-hybridized carbons (Fsp3) is 0. The Bertz CT molecular complexity index is 359. The molecule has 0 bridgehead atoms. The minimum absolute atomic E-state index is 0.459. The lowest BCUT2D eigenvalue weighted by atomic mass is 10.1. The number of allylic oxidation sites excluding steroid dienone is 1. The molecule has 0 heterocycles. The summed E-state index contributed by atoms with van der Waals surface area (Å²) in [6.07, 6.45) is 2.61. The molecule has 0 amide bonds. The fourth-order valence-corrected chi connectivity index (χ4v) is 1.16. The van der Waals surface area contributed by atoms with Crippen LogP contribution in [0, 0.1) is 5.41 Å². The summed E-state index contributed by atoms with van der Waals surface area (Å²) in [5, 5.41) is 7.79. The standard InChI is InChI=1S/C9H8Cl2N2/c10-7-2-1-6(5-8(7)11)9(13)3-4-12/h1-5,12H,13H2. The van der Waals surface area contributed by atoms with E-state index in [9.17, 15) is 0 Å². The quantitative estimate of drug-likeness (QED) is 0.732. The molecule has 68 valence electrons. The zero-order chi connectivity index (χ0) is 9.84. The average molecular weight is 215 g/mol. The molecular weight excluding hydrogens is 207 g/mol. The van der Waals surface area contributed by atoms with Crippen LogP contribution in [0.15, 0.2) is 24.3 Å². The van der Waals surface area contributed by atoms with Crippen LogP contribution < -0.4 is 5.73 Å². The van der Waals surface area contributed by atoms with E-state index in [1.165, 1.54) is 6.08 Å². The monoisotopic (exact) mass is 214 g/mol. The number of halogens is 2. The topological polar surface area (TPSA) is 49.9 Å². The van der Waals surface area contributed by atoms with Gasteiger partial charge >= 0.3 is 0 Å². The second-order valence-corrected chi connectivity index (χ2v) is 3.23. The molecule has 0 aliphatic carbocycles. The molecule has 0 aromatic heterocycles. The van der Waals surface area contributed by atoms with Gasteiger partial charge in [-0.05, 0) is 23.8 Å². The molecule has 13 heavy (non-hydrogen) atoms. The summed E-state index contributed by atoms with van der Waals surface area (Å²) in [7, 11) is 0. The van der Waals surface area contributed by atoms with Crippen LogP contribution in [0.25, 0.3) is 5.70 Å². The maximum atomic E-state index is 6.84. The van der Waals surface area contributed by atoms with Crippen molar-refractivity contribution in [3.05, 3.63) is 39.9 Å². The third-order valence-corrected chi connectivity index (χ3v) is 2.25. The summed E-state index contributed by atoms with van der Waals surface area (Å²) in [5.74, 6) is 0. The normalized spacial score (nSPS) is 11.4. The maximum Gasteiger partial charge on any atom is 0.0599 e. The van der Waals surface area contributed by atoms with Gasteiger partial charge in [0.05, 0.1) is 10.0 Å². The number of rotatable bonds is 2. The predicted octanol–water partition coefficient (Wildman–Crippen LogP) is 2.94. The van der Waals surface area contributed by atoms with E-state index in [4.69, 9.17) is 34.3 Å². The lowest BCUT2D eigenvalue weighted by Crippen LogP contribution is -1.96. The van der Waals surface area contributed by atoms with E-state index in [2.05, 4.69) is 0 Å². The smallest absolute Gasteiger partial charge is 0.0599 e. The third-order valence-electron chi connectivity index (χ3n) is 1.52. The summed E-state index contributed by atoms with van der Waals surface area (Å²) < 4.78 is 0. The van der Waals surface area contributed by atoms with Crippen molar-refractivity contribution < 1.29 is 0 Å². The maximum absolute atomic E-state index is 6.84. The molecule has 0 atom stereocenters. The highest BCUT2D eigenvalue weighted by molar-refractivity contribution is 6.42. The van der Waals surface area contributed by atoms with Crippen molar-refractivity contribution in [1.29, 1.82) is 5.41 Å². The Morgan fingerprint density at radius 2 is 2.00 bits per heavy atom. The molecule has 0 radical (unpaired) electrons. The van der Waals surface area contributed by atoms with Crippen molar-refractivity contribution in [2.75, 3.05) is 0 Å². The second-order valence-electron chi connectivity index (χ2n) is 2.42. The first-order valence-corrected chi connectivity index (χ1v) is 4.32. The van der Waals surface area contributed by atoms with Crippen LogP contribution in [-0.4, -0.2) is 6.21 Å². The zero-order valence-corrected chi connectivity index (χ0v) is 8.23. The largest absolute Gasteiger partial charge is 0.398 e. The first kappa shape index (κ1) is 10.1. The molecule has 0 aliphatic rings. The lowest BCUT2D eigenvalue weighted by molar-refractivity contribution is 1.51. The Labute approximate surface area is 86.5 Å². The number of hydrogen-bond acceptors (Lipinski definition) is 2. The summed E-state index contributed by atoms with van der Waals surface area (Å²) in [5.41, 5.74) is 6.89. The molecule has 0 saturated heterocycles. The van der Waals surface area contributed by atoms with Crippen LogP contribution in [0.3, 0.4) is 0 Å². The minimum Gasteiger partial charge on any atom is -0.398 e. The van der Waals surface area contributed by atoms with Gasteiger partial charge in [0.2, 0.25) is 0 Å². The molecular formula is C9H8Cl2N2. The summed E-state index contributed by atoms with van der Waals surface area (Å²) in [6, 6.07) is 5.09. The minimum atomic E-state index is 0.459. The molecule has 0 unspecified atom stereocenters. The van der Waals surface area contributed by atoms with Crippen LogP contribution >= 0.6 is 23.2 Å². The molecule has 0 saturated carbocycles. The number of nitrogens with two attached hydrogens (primary N) is 1. The van der Waals surface area contributed by atoms with Crippen LogP contribution in [0.4, 0.5) is 0 Å². The highest BCUT2D eigenvalue weighted by Gasteiger charge is 2.00. The fourth-order valence-electron chi connectivity index (χ4n) is 0.862. The van der Waals surface area contributed by atoms with Crippen LogP contribution in [0.5, 0.6) is 0 Å². The molecule has 0 spiro atoms. The summed E-state index contributed by atoms with van der Waals surface area (Å²) >= 11 is 11.5. The van der Waals surface area contributed by atoms with Crippen molar-refractivity contribution in [3.63, 3.8) is 0 Å². The summed E-state index contributed by atoms with van der Waals surface area (Å²) in [4.78, 5) is 0. The number of hydrogen-bond donors (Lipinski definition) is 2. The summed E-state index contributed by atoms with van der Waals surface area (Å²) in [6.45, 7) is 0. The molecule has 3 N–H and O–H groups in total. The Morgan fingerprint density at radius 1 is 1.31 bits per heavy atom. The third kappa shape index (κ3) is 2.47. The molecule has 0 fully saturated rings. The van der Waals surface area contributed by atoms with Crippen molar-refractivity contribution in [1.82, 2.24) is 0 Å². The Kier molecular flexibility index (Phi) is 3.34. The van der Waals surface area contributed by atoms with Gasteiger partial charge in [0.25, 0.3) is 0 Å². The Morgan fingerprint density at radius 3 is 2.54 bits per heavy atom. The van der Waals surface area contributed by atoms with E-state index >= 15 is 0 Å². The second kappa shape index (κ2) is 4.30. The Hall–Kier alpha value is -0.990. The van der Waals surface area contributed by atoms with Gasteiger partial charge in [-0.15, -0.1) is 0 Å². The van der Waals surface area contributed by atoms with E-state index in [1.807, 2.05) is 0 Å². The van der Waals surface area contributed by atoms with Crippen LogP contribution in [-0.2, 0) is 0 Å². The van der Waals surface area contributed by atoms with Gasteiger partial charge in [-0.2, -0.15) is 0 Å². The van der Waals surface area contributed by atoms with Gasteiger partial charge in [-0.1, -0.05) is 29.3 Å². The lowest BCUT2D eigenvalue weighted by Gasteiger charge is -2.01. The van der Waals surface area contributed by atoms with E-state index in [-0.39, 0.29) is 0 Å². The predicted molar refractivity (Wildman–Crippen MR) is 57.4 cm³/mol. The first-order chi connectivity index (χ1) is 6.15. The first-order valence-electron chi connectivity index (χ1n) is 3.57. The van der Waals surface area contributed by atoms with Gasteiger partial charge in [-0.25, -0.2) is 0 Å². The van der Waals surface area contributed by atoms with Gasteiger partial charge in [0, 0.05) is 11.9 Å². The van der Waals surface area contributed by atoms with Crippen molar-refractivity contribution >= 4 is 35.1 Å². The van der Waals surface area contributed by atoms with Crippen molar-refractivity contribution in [2.24, 2.45) is 5.73 Å². The van der Waals surface area contributed by atoms with Crippen LogP contribution in [0.1, 0.15) is 5.56 Å². The van der Waals surface area contributed by atoms with Gasteiger partial charge < -0.3 is 11.1 Å². The average Bonchev–Trinajstić information content (AvgIpc) is 2.10. The zero-order valence-electron chi connectivity index (χ0n) is 6.72. The molecule has 1 aromatic carbocycles. The van der Waals surface area contributed by atoms with E-state index in [0.717, 1.165) is 11.8 Å². The molecule has 1 rings (SSSR count). The number of benzene rings is 1. The van der Waals surface area contributed by atoms with Crippen molar-refractivity contribution in [2.45, 2.75) is 0 Å². The molecule has 4 heteroatoms.